The summed E-state index contributed by atoms with van der Waals surface area (Å²) in [6, 6.07) is 4.50. The second-order valence-corrected chi connectivity index (χ2v) is 10.1. The fourth-order valence-electron chi connectivity index (χ4n) is 2.90. The summed E-state index contributed by atoms with van der Waals surface area (Å²) in [6.45, 7) is 1.46. The molecule has 0 N–H and O–H groups in total. The van der Waals surface area contributed by atoms with Crippen molar-refractivity contribution in [3.8, 4) is 0 Å². The van der Waals surface area contributed by atoms with Gasteiger partial charge in [0.2, 0.25) is 15.9 Å². The molecule has 1 aliphatic heterocycles. The zero-order valence-electron chi connectivity index (χ0n) is 14.1. The molecule has 1 atom stereocenters. The average molecular weight is 392 g/mol. The van der Waals surface area contributed by atoms with Crippen molar-refractivity contribution < 1.29 is 26.0 Å². The highest BCUT2D eigenvalue weighted by atomic mass is 32.2. The number of benzene rings is 1. The lowest BCUT2D eigenvalue weighted by Crippen LogP contribution is -2.47. The van der Waals surface area contributed by atoms with Crippen LogP contribution in [0.2, 0.25) is 0 Å². The van der Waals surface area contributed by atoms with Crippen LogP contribution >= 0.6 is 0 Å². The predicted molar refractivity (Wildman–Crippen MR) is 93.0 cm³/mol. The lowest BCUT2D eigenvalue weighted by molar-refractivity contribution is -0.131. The highest BCUT2D eigenvalue weighted by Gasteiger charge is 2.35. The third kappa shape index (κ3) is 4.91. The number of rotatable bonds is 6. The molecule has 0 aliphatic carbocycles. The number of anilines is 1. The number of halogens is 1. The monoisotopic (exact) mass is 392 g/mol. The summed E-state index contributed by atoms with van der Waals surface area (Å²) in [6.07, 6.45) is 1.27. The predicted octanol–water partition coefficient (Wildman–Crippen LogP) is 0.627. The first-order chi connectivity index (χ1) is 11.5. The van der Waals surface area contributed by atoms with E-state index in [1.807, 2.05) is 0 Å². The number of hydrogen-bond donors (Lipinski definition) is 0. The molecule has 1 heterocycles. The molecule has 140 valence electrons. The Morgan fingerprint density at radius 3 is 2.52 bits per heavy atom. The van der Waals surface area contributed by atoms with E-state index in [0.717, 1.165) is 16.6 Å². The zero-order chi connectivity index (χ0) is 18.8. The largest absolute Gasteiger partial charge is 0.337 e. The second kappa shape index (κ2) is 7.28. The van der Waals surface area contributed by atoms with Crippen molar-refractivity contribution >= 4 is 31.5 Å². The van der Waals surface area contributed by atoms with Crippen molar-refractivity contribution in [1.29, 1.82) is 0 Å². The Hall–Kier alpha value is -1.68. The Bertz CT molecular complexity index is 854. The van der Waals surface area contributed by atoms with Gasteiger partial charge in [0.05, 0.1) is 23.4 Å². The van der Waals surface area contributed by atoms with Crippen molar-refractivity contribution in [2.45, 2.75) is 19.4 Å². The highest BCUT2D eigenvalue weighted by molar-refractivity contribution is 7.92. The van der Waals surface area contributed by atoms with Gasteiger partial charge in [-0.25, -0.2) is 21.2 Å². The molecule has 1 amide bonds. The molecule has 0 bridgehead atoms. The Balaban J connectivity index is 2.24. The first-order valence-electron chi connectivity index (χ1n) is 7.76. The van der Waals surface area contributed by atoms with Crippen LogP contribution in [-0.4, -0.2) is 64.5 Å². The van der Waals surface area contributed by atoms with Gasteiger partial charge in [-0.05, 0) is 31.5 Å². The highest BCUT2D eigenvalue weighted by Crippen LogP contribution is 2.21. The van der Waals surface area contributed by atoms with E-state index in [4.69, 9.17) is 0 Å². The summed E-state index contributed by atoms with van der Waals surface area (Å²) in [4.78, 5) is 14.0. The second-order valence-electron chi connectivity index (χ2n) is 5.99. The zero-order valence-corrected chi connectivity index (χ0v) is 15.7. The molecular formula is C15H21FN2O5S2. The first kappa shape index (κ1) is 19.6. The topological polar surface area (TPSA) is 91.8 Å². The number of hydrogen-bond acceptors (Lipinski definition) is 5. The van der Waals surface area contributed by atoms with Gasteiger partial charge in [-0.1, -0.05) is 6.07 Å². The Morgan fingerprint density at radius 2 is 2.04 bits per heavy atom. The molecule has 1 unspecified atom stereocenters. The molecule has 0 radical (unpaired) electrons. The van der Waals surface area contributed by atoms with Gasteiger partial charge in [-0.15, -0.1) is 0 Å². The molecule has 0 aromatic heterocycles. The number of amides is 1. The van der Waals surface area contributed by atoms with Crippen LogP contribution in [0, 0.1) is 5.82 Å². The molecule has 7 nitrogen and oxygen atoms in total. The van der Waals surface area contributed by atoms with E-state index in [0.29, 0.717) is 6.42 Å². The molecule has 2 rings (SSSR count). The van der Waals surface area contributed by atoms with Gasteiger partial charge in [-0.3, -0.25) is 9.10 Å². The van der Waals surface area contributed by atoms with Crippen LogP contribution in [0.1, 0.15) is 13.3 Å². The van der Waals surface area contributed by atoms with E-state index in [9.17, 15) is 26.0 Å². The summed E-state index contributed by atoms with van der Waals surface area (Å²) in [5.74, 6) is -1.24. The van der Waals surface area contributed by atoms with E-state index in [1.54, 1.807) is 6.92 Å². The molecule has 1 aromatic carbocycles. The number of carbonyl (C=O) groups is 1. The minimum atomic E-state index is -3.82. The summed E-state index contributed by atoms with van der Waals surface area (Å²) in [5, 5.41) is 0. The maximum absolute atomic E-state index is 13.4. The standard InChI is InChI=1S/C15H21FN2O5S2/c1-3-17(14-7-8-25(22,23)11-14)15(19)10-18(24(2,20)21)13-6-4-5-12(16)9-13/h4-6,9,14H,3,7-8,10-11H2,1-2H3. The maximum Gasteiger partial charge on any atom is 0.243 e. The molecule has 0 saturated carbocycles. The smallest absolute Gasteiger partial charge is 0.243 e. The van der Waals surface area contributed by atoms with Crippen molar-refractivity contribution in [2.75, 3.05) is 35.2 Å². The fraction of sp³-hybridized carbons (Fsp3) is 0.533. The van der Waals surface area contributed by atoms with Gasteiger partial charge in [0.1, 0.15) is 12.4 Å². The van der Waals surface area contributed by atoms with Crippen molar-refractivity contribution in [3.05, 3.63) is 30.1 Å². The summed E-state index contributed by atoms with van der Waals surface area (Å²) in [7, 11) is -6.99. The summed E-state index contributed by atoms with van der Waals surface area (Å²) in [5.41, 5.74) is 0.0472. The van der Waals surface area contributed by atoms with Crippen LogP contribution in [0.25, 0.3) is 0 Å². The van der Waals surface area contributed by atoms with E-state index in [-0.39, 0.29) is 23.7 Å². The number of carbonyl (C=O) groups excluding carboxylic acids is 1. The summed E-state index contributed by atoms with van der Waals surface area (Å²) >= 11 is 0. The van der Waals surface area contributed by atoms with Crippen LogP contribution in [0.15, 0.2) is 24.3 Å². The van der Waals surface area contributed by atoms with Crippen molar-refractivity contribution in [2.24, 2.45) is 0 Å². The van der Waals surface area contributed by atoms with Gasteiger partial charge in [0, 0.05) is 12.6 Å². The summed E-state index contributed by atoms with van der Waals surface area (Å²) < 4.78 is 61.6. The van der Waals surface area contributed by atoms with Crippen molar-refractivity contribution in [3.63, 3.8) is 0 Å². The van der Waals surface area contributed by atoms with Gasteiger partial charge < -0.3 is 4.90 Å². The average Bonchev–Trinajstić information content (AvgIpc) is 2.84. The van der Waals surface area contributed by atoms with E-state index < -0.39 is 44.2 Å². The van der Waals surface area contributed by atoms with Crippen LogP contribution < -0.4 is 4.31 Å². The number of sulfone groups is 1. The van der Waals surface area contributed by atoms with Gasteiger partial charge in [0.25, 0.3) is 0 Å². The third-order valence-electron chi connectivity index (χ3n) is 4.09. The Kier molecular flexibility index (Phi) is 5.72. The normalized spacial score (nSPS) is 19.6. The number of nitrogens with zero attached hydrogens (tertiary/aromatic N) is 2. The molecule has 10 heteroatoms. The Morgan fingerprint density at radius 1 is 1.36 bits per heavy atom. The number of likely N-dealkylation sites (N-methyl/N-ethyl adjacent to an activating group) is 1. The molecule has 1 fully saturated rings. The molecule has 1 aliphatic rings. The lowest BCUT2D eigenvalue weighted by atomic mass is 10.2. The van der Waals surface area contributed by atoms with Gasteiger partial charge >= 0.3 is 0 Å². The van der Waals surface area contributed by atoms with E-state index >= 15 is 0 Å². The molecular weight excluding hydrogens is 371 g/mol. The molecule has 0 spiro atoms. The SMILES string of the molecule is CCN(C(=O)CN(c1cccc(F)c1)S(C)(=O)=O)C1CCS(=O)(=O)C1. The van der Waals surface area contributed by atoms with Crippen LogP contribution in [0.3, 0.4) is 0 Å². The minimum Gasteiger partial charge on any atom is -0.337 e. The van der Waals surface area contributed by atoms with Crippen molar-refractivity contribution in [1.82, 2.24) is 4.90 Å². The van der Waals surface area contributed by atoms with Crippen LogP contribution in [-0.2, 0) is 24.7 Å². The molecule has 1 aromatic rings. The molecule has 25 heavy (non-hydrogen) atoms. The number of sulfonamides is 1. The maximum atomic E-state index is 13.4. The van der Waals surface area contributed by atoms with Gasteiger partial charge in [0.15, 0.2) is 9.84 Å². The lowest BCUT2D eigenvalue weighted by Gasteiger charge is -2.30. The van der Waals surface area contributed by atoms with Crippen LogP contribution in [0.4, 0.5) is 10.1 Å². The van der Waals surface area contributed by atoms with E-state index in [1.165, 1.54) is 23.1 Å². The van der Waals surface area contributed by atoms with Gasteiger partial charge in [-0.2, -0.15) is 0 Å². The third-order valence-corrected chi connectivity index (χ3v) is 6.98. The minimum absolute atomic E-state index is 0.0150. The van der Waals surface area contributed by atoms with Crippen LogP contribution in [0.5, 0.6) is 0 Å². The molecule has 1 saturated heterocycles. The quantitative estimate of drug-likeness (QED) is 0.708. The first-order valence-corrected chi connectivity index (χ1v) is 11.4. The fourth-order valence-corrected chi connectivity index (χ4v) is 5.48. The van der Waals surface area contributed by atoms with E-state index in [2.05, 4.69) is 0 Å². The Labute approximate surface area is 147 Å².